The molecule has 0 aliphatic carbocycles. The third-order valence-electron chi connectivity index (χ3n) is 5.18. The number of carbonyl (C=O) groups excluding carboxylic acids is 4. The standard InChI is InChI=1S/C22H21ClN4O8/c1-11(28)34-16-9-8-13(10-17(16)35-12(2)29)22(25-20(31)32)18(24)27(21(33)26(3)19(22)30)15-7-5-4-6-14(15)23/h4-10,18,25H,24H2,1-3H3,(H,31,32). The quantitative estimate of drug-likeness (QED) is 0.407. The summed E-state index contributed by atoms with van der Waals surface area (Å²) >= 11 is 6.27. The lowest BCUT2D eigenvalue weighted by molar-refractivity contribution is -0.137. The number of carbonyl (C=O) groups is 5. The first-order valence-electron chi connectivity index (χ1n) is 10.0. The third-order valence-corrected chi connectivity index (χ3v) is 5.50. The highest BCUT2D eigenvalue weighted by Crippen LogP contribution is 2.41. The van der Waals surface area contributed by atoms with Crippen molar-refractivity contribution < 1.29 is 38.6 Å². The summed E-state index contributed by atoms with van der Waals surface area (Å²) in [7, 11) is 1.15. The molecule has 1 fully saturated rings. The Morgan fingerprint density at radius 1 is 1.06 bits per heavy atom. The first-order valence-corrected chi connectivity index (χ1v) is 10.4. The fraction of sp³-hybridized carbons (Fsp3) is 0.227. The predicted octanol–water partition coefficient (Wildman–Crippen LogP) is 2.04. The minimum atomic E-state index is -2.28. The maximum atomic E-state index is 13.5. The van der Waals surface area contributed by atoms with Crippen LogP contribution >= 0.6 is 11.6 Å². The van der Waals surface area contributed by atoms with Gasteiger partial charge in [-0.1, -0.05) is 29.8 Å². The van der Waals surface area contributed by atoms with Crippen molar-refractivity contribution in [3.63, 3.8) is 0 Å². The second-order valence-corrected chi connectivity index (χ2v) is 7.91. The van der Waals surface area contributed by atoms with Gasteiger partial charge in [0.1, 0.15) is 6.17 Å². The van der Waals surface area contributed by atoms with Crippen LogP contribution in [0.25, 0.3) is 0 Å². The van der Waals surface area contributed by atoms with Crippen LogP contribution in [0.2, 0.25) is 5.02 Å². The molecule has 2 aromatic carbocycles. The van der Waals surface area contributed by atoms with Crippen LogP contribution in [0.4, 0.5) is 15.3 Å². The third kappa shape index (κ3) is 4.61. The summed E-state index contributed by atoms with van der Waals surface area (Å²) in [5.74, 6) is -2.94. The van der Waals surface area contributed by atoms with E-state index < -0.39 is 41.7 Å². The van der Waals surface area contributed by atoms with E-state index in [2.05, 4.69) is 5.32 Å². The van der Waals surface area contributed by atoms with Crippen LogP contribution in [-0.2, 0) is 19.9 Å². The molecular formula is C22H21ClN4O8. The molecule has 2 aromatic rings. The number of rotatable bonds is 5. The summed E-state index contributed by atoms with van der Waals surface area (Å²) in [5.41, 5.74) is 4.18. The molecule has 1 saturated heterocycles. The van der Waals surface area contributed by atoms with Gasteiger partial charge in [0, 0.05) is 20.9 Å². The lowest BCUT2D eigenvalue weighted by atomic mass is 9.82. The number of nitrogens with zero attached hydrogens (tertiary/aromatic N) is 2. The number of halogens is 1. The number of urea groups is 1. The van der Waals surface area contributed by atoms with Crippen molar-refractivity contribution in [3.05, 3.63) is 53.1 Å². The molecule has 4 N–H and O–H groups in total. The average molecular weight is 505 g/mol. The summed E-state index contributed by atoms with van der Waals surface area (Å²) in [6, 6.07) is 8.90. The maximum Gasteiger partial charge on any atom is 0.405 e. The van der Waals surface area contributed by atoms with Crippen LogP contribution in [0.3, 0.4) is 0 Å². The second kappa shape index (κ2) is 9.60. The number of hydrogen-bond acceptors (Lipinski definition) is 8. The highest BCUT2D eigenvalue weighted by atomic mass is 35.5. The fourth-order valence-corrected chi connectivity index (χ4v) is 3.97. The molecule has 3 rings (SSSR count). The summed E-state index contributed by atoms with van der Waals surface area (Å²) < 4.78 is 10.2. The molecule has 4 amide bonds. The molecule has 0 radical (unpaired) electrons. The van der Waals surface area contributed by atoms with Crippen molar-refractivity contribution in [2.24, 2.45) is 5.73 Å². The summed E-state index contributed by atoms with van der Waals surface area (Å²) in [6.45, 7) is 2.22. The monoisotopic (exact) mass is 504 g/mol. The molecule has 0 saturated carbocycles. The molecule has 12 nitrogen and oxygen atoms in total. The van der Waals surface area contributed by atoms with E-state index in [0.29, 0.717) is 4.90 Å². The molecule has 1 aliphatic heterocycles. The SMILES string of the molecule is CC(=O)Oc1ccc(C2(NC(=O)O)C(=O)N(C)C(=O)N(c3ccccc3Cl)C2N)cc1OC(C)=O. The van der Waals surface area contributed by atoms with E-state index in [-0.39, 0.29) is 27.8 Å². The lowest BCUT2D eigenvalue weighted by Crippen LogP contribution is -2.76. The zero-order valence-corrected chi connectivity index (χ0v) is 19.5. The molecule has 184 valence electrons. The van der Waals surface area contributed by atoms with Gasteiger partial charge < -0.3 is 25.6 Å². The van der Waals surface area contributed by atoms with Crippen molar-refractivity contribution in [1.82, 2.24) is 10.2 Å². The molecule has 1 heterocycles. The zero-order valence-electron chi connectivity index (χ0n) is 18.8. The number of nitrogens with two attached hydrogens (primary N) is 1. The Hall–Kier alpha value is -4.16. The van der Waals surface area contributed by atoms with Gasteiger partial charge >= 0.3 is 24.1 Å². The lowest BCUT2D eigenvalue weighted by Gasteiger charge is -2.49. The molecule has 1 aliphatic rings. The topological polar surface area (TPSA) is 169 Å². The number of benzene rings is 2. The van der Waals surface area contributed by atoms with E-state index in [0.717, 1.165) is 31.9 Å². The molecule has 0 aromatic heterocycles. The molecule has 35 heavy (non-hydrogen) atoms. The highest BCUT2D eigenvalue weighted by Gasteiger charge is 2.58. The van der Waals surface area contributed by atoms with E-state index in [4.69, 9.17) is 26.8 Å². The number of esters is 2. The smallest absolute Gasteiger partial charge is 0.405 e. The van der Waals surface area contributed by atoms with Crippen molar-refractivity contribution in [2.45, 2.75) is 25.6 Å². The zero-order chi connectivity index (χ0) is 26.1. The molecule has 0 bridgehead atoms. The van der Waals surface area contributed by atoms with Gasteiger partial charge in [0.25, 0.3) is 5.91 Å². The fourth-order valence-electron chi connectivity index (χ4n) is 3.74. The molecular weight excluding hydrogens is 484 g/mol. The van der Waals surface area contributed by atoms with Gasteiger partial charge in [-0.05, 0) is 29.8 Å². The number of ether oxygens (including phenoxy) is 2. The largest absolute Gasteiger partial charge is 0.465 e. The van der Waals surface area contributed by atoms with Gasteiger partial charge in [-0.2, -0.15) is 0 Å². The van der Waals surface area contributed by atoms with Crippen LogP contribution in [0.1, 0.15) is 19.4 Å². The van der Waals surface area contributed by atoms with Gasteiger partial charge in [0.2, 0.25) is 0 Å². The van der Waals surface area contributed by atoms with E-state index in [1.54, 1.807) is 12.1 Å². The molecule has 13 heteroatoms. The van der Waals surface area contributed by atoms with Crippen molar-refractivity contribution in [3.8, 4) is 11.5 Å². The van der Waals surface area contributed by atoms with Crippen molar-refractivity contribution in [2.75, 3.05) is 11.9 Å². The van der Waals surface area contributed by atoms with Gasteiger partial charge in [-0.15, -0.1) is 0 Å². The van der Waals surface area contributed by atoms with Gasteiger partial charge in [0.15, 0.2) is 17.0 Å². The Labute approximate surface area is 204 Å². The van der Waals surface area contributed by atoms with Crippen molar-refractivity contribution in [1.29, 1.82) is 0 Å². The van der Waals surface area contributed by atoms with E-state index in [1.165, 1.54) is 24.3 Å². The minimum absolute atomic E-state index is 0.0963. The molecule has 2 atom stereocenters. The Balaban J connectivity index is 2.29. The first-order chi connectivity index (χ1) is 16.4. The van der Waals surface area contributed by atoms with Crippen LogP contribution in [0, 0.1) is 0 Å². The summed E-state index contributed by atoms with van der Waals surface area (Å²) in [5, 5.41) is 11.9. The van der Waals surface area contributed by atoms with Crippen LogP contribution in [0.15, 0.2) is 42.5 Å². The number of likely N-dealkylation sites (N-methyl/N-ethyl adjacent to an activating group) is 1. The Morgan fingerprint density at radius 3 is 2.23 bits per heavy atom. The second-order valence-electron chi connectivity index (χ2n) is 7.50. The van der Waals surface area contributed by atoms with E-state index in [9.17, 15) is 29.1 Å². The van der Waals surface area contributed by atoms with Crippen LogP contribution in [0.5, 0.6) is 11.5 Å². The van der Waals surface area contributed by atoms with E-state index >= 15 is 0 Å². The molecule has 0 spiro atoms. The Kier molecular flexibility index (Phi) is 6.99. The number of para-hydroxylation sites is 1. The van der Waals surface area contributed by atoms with Crippen LogP contribution < -0.4 is 25.4 Å². The van der Waals surface area contributed by atoms with Gasteiger partial charge in [-0.25, -0.2) is 9.59 Å². The minimum Gasteiger partial charge on any atom is -0.465 e. The first kappa shape index (κ1) is 25.5. The molecule has 2 unspecified atom stereocenters. The average Bonchev–Trinajstić information content (AvgIpc) is 2.77. The number of imide groups is 1. The van der Waals surface area contributed by atoms with Crippen molar-refractivity contribution >= 4 is 47.3 Å². The number of anilines is 1. The Bertz CT molecular complexity index is 1240. The normalized spacial score (nSPS) is 19.9. The number of carboxylic acid groups (broad SMARTS) is 1. The van der Waals surface area contributed by atoms with Crippen LogP contribution in [-0.4, -0.2) is 53.2 Å². The van der Waals surface area contributed by atoms with Gasteiger partial charge in [0.05, 0.1) is 10.7 Å². The number of amides is 4. The summed E-state index contributed by atoms with van der Waals surface area (Å²) in [6.07, 6.45) is -3.27. The summed E-state index contributed by atoms with van der Waals surface area (Å²) in [4.78, 5) is 63.3. The van der Waals surface area contributed by atoms with E-state index in [1.807, 2.05) is 0 Å². The van der Waals surface area contributed by atoms with Gasteiger partial charge in [-0.3, -0.25) is 24.2 Å². The number of hydrogen-bond donors (Lipinski definition) is 3. The maximum absolute atomic E-state index is 13.5. The highest BCUT2D eigenvalue weighted by molar-refractivity contribution is 6.34. The Morgan fingerprint density at radius 2 is 1.66 bits per heavy atom. The number of nitrogens with one attached hydrogen (secondary N) is 1. The predicted molar refractivity (Wildman–Crippen MR) is 122 cm³/mol.